The normalized spacial score (nSPS) is 27.0. The Hall–Kier alpha value is -0.120. The van der Waals surface area contributed by atoms with E-state index >= 15 is 0 Å². The lowest BCUT2D eigenvalue weighted by molar-refractivity contribution is -0.0415. The van der Waals surface area contributed by atoms with Crippen LogP contribution in [0.15, 0.2) is 0 Å². The first-order chi connectivity index (χ1) is 7.36. The van der Waals surface area contributed by atoms with Crippen molar-refractivity contribution in [3.8, 4) is 0 Å². The minimum absolute atomic E-state index is 0.00367. The minimum Gasteiger partial charge on any atom is -0.349 e. The molecule has 1 N–H and O–H groups in total. The summed E-state index contributed by atoms with van der Waals surface area (Å²) < 4.78 is 10.8. The fourth-order valence-corrected chi connectivity index (χ4v) is 2.61. The van der Waals surface area contributed by atoms with Gasteiger partial charge in [0.05, 0.1) is 13.2 Å². The maximum absolute atomic E-state index is 5.41. The quantitative estimate of drug-likeness (QED) is 0.774. The van der Waals surface area contributed by atoms with E-state index in [1.807, 2.05) is 0 Å². The van der Waals surface area contributed by atoms with Crippen LogP contribution in [0, 0.1) is 5.92 Å². The van der Waals surface area contributed by atoms with Crippen LogP contribution in [-0.2, 0) is 9.47 Å². The maximum atomic E-state index is 5.41. The molecule has 0 aromatic rings. The Labute approximate surface area is 92.5 Å². The third-order valence-electron chi connectivity index (χ3n) is 3.65. The van der Waals surface area contributed by atoms with Crippen molar-refractivity contribution in [2.75, 3.05) is 19.8 Å². The van der Waals surface area contributed by atoms with Crippen molar-refractivity contribution in [1.82, 2.24) is 5.32 Å². The number of hydrogen-bond acceptors (Lipinski definition) is 3. The molecular weight excluding hydrogens is 190 g/mol. The summed E-state index contributed by atoms with van der Waals surface area (Å²) in [5.74, 6) is 0.861. The Morgan fingerprint density at radius 3 is 2.47 bits per heavy atom. The van der Waals surface area contributed by atoms with Crippen LogP contribution < -0.4 is 5.32 Å². The SMILES string of the molecule is CC(NCC1OCCO1)C1CCCCC1. The molecule has 1 aliphatic carbocycles. The lowest BCUT2D eigenvalue weighted by atomic mass is 9.84. The molecule has 0 bridgehead atoms. The van der Waals surface area contributed by atoms with E-state index in [0.717, 1.165) is 25.7 Å². The highest BCUT2D eigenvalue weighted by Crippen LogP contribution is 2.26. The zero-order valence-corrected chi connectivity index (χ0v) is 9.71. The van der Waals surface area contributed by atoms with Gasteiger partial charge in [0, 0.05) is 12.6 Å². The highest BCUT2D eigenvalue weighted by Gasteiger charge is 2.22. The van der Waals surface area contributed by atoms with Crippen molar-refractivity contribution in [2.45, 2.75) is 51.4 Å². The van der Waals surface area contributed by atoms with Crippen molar-refractivity contribution in [3.63, 3.8) is 0 Å². The molecule has 3 heteroatoms. The third-order valence-corrected chi connectivity index (χ3v) is 3.65. The Morgan fingerprint density at radius 2 is 1.80 bits per heavy atom. The first-order valence-corrected chi connectivity index (χ1v) is 6.33. The van der Waals surface area contributed by atoms with Crippen LogP contribution in [0.25, 0.3) is 0 Å². The highest BCUT2D eigenvalue weighted by atomic mass is 16.7. The van der Waals surface area contributed by atoms with Gasteiger partial charge in [-0.05, 0) is 25.7 Å². The molecule has 1 atom stereocenters. The predicted octanol–water partition coefficient (Wildman–Crippen LogP) is 1.92. The van der Waals surface area contributed by atoms with Crippen molar-refractivity contribution in [2.24, 2.45) is 5.92 Å². The summed E-state index contributed by atoms with van der Waals surface area (Å²) in [6.45, 7) is 4.65. The Balaban J connectivity index is 1.64. The van der Waals surface area contributed by atoms with Gasteiger partial charge in [0.2, 0.25) is 0 Å². The van der Waals surface area contributed by atoms with Gasteiger partial charge in [-0.1, -0.05) is 19.3 Å². The average molecular weight is 213 g/mol. The smallest absolute Gasteiger partial charge is 0.170 e. The number of nitrogens with one attached hydrogen (secondary N) is 1. The molecule has 2 rings (SSSR count). The summed E-state index contributed by atoms with van der Waals surface area (Å²) in [5.41, 5.74) is 0. The summed E-state index contributed by atoms with van der Waals surface area (Å²) in [7, 11) is 0. The van der Waals surface area contributed by atoms with E-state index in [0.29, 0.717) is 6.04 Å². The lowest BCUT2D eigenvalue weighted by Gasteiger charge is -2.29. The Morgan fingerprint density at radius 1 is 1.13 bits per heavy atom. The van der Waals surface area contributed by atoms with Crippen LogP contribution >= 0.6 is 0 Å². The van der Waals surface area contributed by atoms with E-state index in [-0.39, 0.29) is 6.29 Å². The first kappa shape index (κ1) is 11.4. The van der Waals surface area contributed by atoms with E-state index in [1.165, 1.54) is 32.1 Å². The zero-order chi connectivity index (χ0) is 10.5. The molecule has 0 amide bonds. The van der Waals surface area contributed by atoms with Gasteiger partial charge in [-0.2, -0.15) is 0 Å². The lowest BCUT2D eigenvalue weighted by Crippen LogP contribution is -2.39. The van der Waals surface area contributed by atoms with Crippen molar-refractivity contribution >= 4 is 0 Å². The van der Waals surface area contributed by atoms with Crippen LogP contribution in [0.5, 0.6) is 0 Å². The van der Waals surface area contributed by atoms with E-state index in [4.69, 9.17) is 9.47 Å². The molecule has 1 aliphatic heterocycles. The van der Waals surface area contributed by atoms with Crippen LogP contribution in [0.3, 0.4) is 0 Å². The Bertz CT molecular complexity index is 174. The predicted molar refractivity (Wildman–Crippen MR) is 59.7 cm³/mol. The monoisotopic (exact) mass is 213 g/mol. The number of hydrogen-bond donors (Lipinski definition) is 1. The van der Waals surface area contributed by atoms with Gasteiger partial charge in [0.1, 0.15) is 0 Å². The second-order valence-corrected chi connectivity index (χ2v) is 4.77. The fourth-order valence-electron chi connectivity index (χ4n) is 2.61. The van der Waals surface area contributed by atoms with Gasteiger partial charge in [0.25, 0.3) is 0 Å². The second kappa shape index (κ2) is 5.83. The fraction of sp³-hybridized carbons (Fsp3) is 1.00. The molecule has 1 unspecified atom stereocenters. The van der Waals surface area contributed by atoms with Crippen LogP contribution in [0.2, 0.25) is 0 Å². The van der Waals surface area contributed by atoms with Crippen molar-refractivity contribution < 1.29 is 9.47 Å². The van der Waals surface area contributed by atoms with Gasteiger partial charge in [-0.15, -0.1) is 0 Å². The summed E-state index contributed by atoms with van der Waals surface area (Å²) in [6, 6.07) is 0.609. The summed E-state index contributed by atoms with van der Waals surface area (Å²) in [4.78, 5) is 0. The van der Waals surface area contributed by atoms with Crippen molar-refractivity contribution in [1.29, 1.82) is 0 Å². The zero-order valence-electron chi connectivity index (χ0n) is 9.71. The molecular formula is C12H23NO2. The molecule has 15 heavy (non-hydrogen) atoms. The van der Waals surface area contributed by atoms with E-state index < -0.39 is 0 Å². The van der Waals surface area contributed by atoms with Gasteiger partial charge in [-0.3, -0.25) is 0 Å². The minimum atomic E-state index is -0.00367. The molecule has 0 aromatic carbocycles. The third kappa shape index (κ3) is 3.44. The highest BCUT2D eigenvalue weighted by molar-refractivity contribution is 4.76. The molecule has 1 saturated heterocycles. The van der Waals surface area contributed by atoms with Crippen LogP contribution in [0.4, 0.5) is 0 Å². The van der Waals surface area contributed by atoms with E-state index in [9.17, 15) is 0 Å². The molecule has 2 aliphatic rings. The van der Waals surface area contributed by atoms with Gasteiger partial charge < -0.3 is 14.8 Å². The molecule has 1 heterocycles. The largest absolute Gasteiger partial charge is 0.349 e. The molecule has 0 aromatic heterocycles. The van der Waals surface area contributed by atoms with E-state index in [1.54, 1.807) is 0 Å². The molecule has 3 nitrogen and oxygen atoms in total. The number of rotatable bonds is 4. The van der Waals surface area contributed by atoms with Crippen molar-refractivity contribution in [3.05, 3.63) is 0 Å². The Kier molecular flexibility index (Phi) is 4.42. The van der Waals surface area contributed by atoms with Gasteiger partial charge in [-0.25, -0.2) is 0 Å². The summed E-state index contributed by atoms with van der Waals surface area (Å²) in [5, 5.41) is 3.54. The van der Waals surface area contributed by atoms with Gasteiger partial charge in [0.15, 0.2) is 6.29 Å². The average Bonchev–Trinajstić information content (AvgIpc) is 2.80. The molecule has 0 spiro atoms. The van der Waals surface area contributed by atoms with Crippen LogP contribution in [-0.4, -0.2) is 32.1 Å². The molecule has 88 valence electrons. The standard InChI is InChI=1S/C12H23NO2/c1-10(11-5-3-2-4-6-11)13-9-12-14-7-8-15-12/h10-13H,2-9H2,1H3. The number of ether oxygens (including phenoxy) is 2. The van der Waals surface area contributed by atoms with Gasteiger partial charge >= 0.3 is 0 Å². The maximum Gasteiger partial charge on any atom is 0.170 e. The second-order valence-electron chi connectivity index (χ2n) is 4.77. The molecule has 1 saturated carbocycles. The van der Waals surface area contributed by atoms with E-state index in [2.05, 4.69) is 12.2 Å². The topological polar surface area (TPSA) is 30.5 Å². The first-order valence-electron chi connectivity index (χ1n) is 6.33. The van der Waals surface area contributed by atoms with Crippen LogP contribution in [0.1, 0.15) is 39.0 Å². The summed E-state index contributed by atoms with van der Waals surface area (Å²) in [6.07, 6.45) is 7.02. The summed E-state index contributed by atoms with van der Waals surface area (Å²) >= 11 is 0. The molecule has 2 fully saturated rings. The molecule has 0 radical (unpaired) electrons.